The Balaban J connectivity index is 1.62. The zero-order valence-electron chi connectivity index (χ0n) is 15.7. The highest BCUT2D eigenvalue weighted by atomic mass is 16.5. The molecular formula is C18H27N5O3. The molecule has 3 heterocycles. The topological polar surface area (TPSA) is 87.7 Å². The summed E-state index contributed by atoms with van der Waals surface area (Å²) in [4.78, 5) is 36.9. The summed E-state index contributed by atoms with van der Waals surface area (Å²) in [6, 6.07) is -0.0205. The Morgan fingerprint density at radius 1 is 1.31 bits per heavy atom. The van der Waals surface area contributed by atoms with E-state index in [2.05, 4.69) is 36.1 Å². The summed E-state index contributed by atoms with van der Waals surface area (Å²) < 4.78 is 5.27. The molecule has 8 nitrogen and oxygen atoms in total. The average molecular weight is 361 g/mol. The van der Waals surface area contributed by atoms with Gasteiger partial charge in [0.25, 0.3) is 5.91 Å². The van der Waals surface area contributed by atoms with Gasteiger partial charge in [0.05, 0.1) is 31.6 Å². The minimum absolute atomic E-state index is 0.0205. The number of aromatic nitrogens is 2. The van der Waals surface area contributed by atoms with E-state index in [9.17, 15) is 9.59 Å². The maximum atomic E-state index is 12.5. The molecule has 2 aliphatic rings. The Morgan fingerprint density at radius 2 is 2.04 bits per heavy atom. The van der Waals surface area contributed by atoms with E-state index in [0.29, 0.717) is 50.8 Å². The molecule has 2 saturated heterocycles. The first-order valence-corrected chi connectivity index (χ1v) is 9.05. The van der Waals surface area contributed by atoms with Gasteiger partial charge in [0.1, 0.15) is 11.5 Å². The Morgan fingerprint density at radius 3 is 2.73 bits per heavy atom. The van der Waals surface area contributed by atoms with E-state index in [1.54, 1.807) is 11.1 Å². The molecule has 0 bridgehead atoms. The first-order valence-electron chi connectivity index (χ1n) is 9.05. The van der Waals surface area contributed by atoms with Gasteiger partial charge in [-0.25, -0.2) is 4.98 Å². The van der Waals surface area contributed by atoms with Crippen molar-refractivity contribution in [1.29, 1.82) is 0 Å². The fraction of sp³-hybridized carbons (Fsp3) is 0.667. The standard InChI is InChI=1S/C18H27N5O3/c1-18(2,3)12-23-11-13(8-16(23)24)20-15-10-19-9-14(21-15)17(25)22-4-6-26-7-5-22/h9-10,13H,4-8,11-12H2,1-3H3,(H,20,21)/t13-/m0/s1. The lowest BCUT2D eigenvalue weighted by molar-refractivity contribution is -0.128. The van der Waals surface area contributed by atoms with Gasteiger partial charge in [-0.05, 0) is 5.41 Å². The summed E-state index contributed by atoms with van der Waals surface area (Å²) >= 11 is 0. The van der Waals surface area contributed by atoms with Crippen LogP contribution in [0, 0.1) is 5.41 Å². The molecule has 1 aromatic rings. The number of carbonyl (C=O) groups excluding carboxylic acids is 2. The quantitative estimate of drug-likeness (QED) is 0.861. The van der Waals surface area contributed by atoms with Gasteiger partial charge in [-0.3, -0.25) is 14.6 Å². The molecule has 1 atom stereocenters. The zero-order chi connectivity index (χ0) is 18.7. The van der Waals surface area contributed by atoms with Crippen LogP contribution in [0.25, 0.3) is 0 Å². The second-order valence-corrected chi connectivity index (χ2v) is 8.07. The maximum Gasteiger partial charge on any atom is 0.274 e. The van der Waals surface area contributed by atoms with Gasteiger partial charge in [-0.1, -0.05) is 20.8 Å². The molecule has 0 aliphatic carbocycles. The predicted molar refractivity (Wildman–Crippen MR) is 96.8 cm³/mol. The highest BCUT2D eigenvalue weighted by Crippen LogP contribution is 2.22. The number of anilines is 1. The summed E-state index contributed by atoms with van der Waals surface area (Å²) in [6.07, 6.45) is 3.50. The first kappa shape index (κ1) is 18.6. The summed E-state index contributed by atoms with van der Waals surface area (Å²) in [5.41, 5.74) is 0.377. The number of carbonyl (C=O) groups is 2. The molecule has 2 amide bonds. The first-order chi connectivity index (χ1) is 12.3. The number of amides is 2. The van der Waals surface area contributed by atoms with Crippen molar-refractivity contribution in [2.24, 2.45) is 5.41 Å². The van der Waals surface area contributed by atoms with Crippen LogP contribution >= 0.6 is 0 Å². The Labute approximate surface area is 153 Å². The van der Waals surface area contributed by atoms with Crippen LogP contribution < -0.4 is 5.32 Å². The van der Waals surface area contributed by atoms with Crippen molar-refractivity contribution in [2.75, 3.05) is 44.7 Å². The van der Waals surface area contributed by atoms with E-state index >= 15 is 0 Å². The summed E-state index contributed by atoms with van der Waals surface area (Å²) in [5, 5.41) is 3.25. The minimum Gasteiger partial charge on any atom is -0.378 e. The van der Waals surface area contributed by atoms with Crippen LogP contribution in [0.4, 0.5) is 5.82 Å². The van der Waals surface area contributed by atoms with Crippen LogP contribution in [0.3, 0.4) is 0 Å². The van der Waals surface area contributed by atoms with E-state index in [4.69, 9.17) is 4.74 Å². The second kappa shape index (κ2) is 7.57. The van der Waals surface area contributed by atoms with Crippen LogP contribution in [-0.2, 0) is 9.53 Å². The SMILES string of the molecule is CC(C)(C)CN1C[C@@H](Nc2cncc(C(=O)N3CCOCC3)n2)CC1=O. The number of nitrogens with one attached hydrogen (secondary N) is 1. The number of likely N-dealkylation sites (tertiary alicyclic amines) is 1. The van der Waals surface area contributed by atoms with E-state index < -0.39 is 0 Å². The van der Waals surface area contributed by atoms with E-state index in [1.165, 1.54) is 6.20 Å². The monoisotopic (exact) mass is 361 g/mol. The van der Waals surface area contributed by atoms with Crippen LogP contribution in [-0.4, -0.2) is 77.0 Å². The highest BCUT2D eigenvalue weighted by molar-refractivity contribution is 5.92. The highest BCUT2D eigenvalue weighted by Gasteiger charge is 2.32. The van der Waals surface area contributed by atoms with Crippen LogP contribution in [0.5, 0.6) is 0 Å². The van der Waals surface area contributed by atoms with Gasteiger partial charge in [-0.2, -0.15) is 0 Å². The number of morpholine rings is 1. The second-order valence-electron chi connectivity index (χ2n) is 8.07. The molecule has 142 valence electrons. The average Bonchev–Trinajstić information content (AvgIpc) is 2.92. The molecule has 1 N–H and O–H groups in total. The van der Waals surface area contributed by atoms with Gasteiger partial charge in [-0.15, -0.1) is 0 Å². The summed E-state index contributed by atoms with van der Waals surface area (Å²) in [6.45, 7) is 9.95. The molecule has 2 fully saturated rings. The molecule has 3 rings (SSSR count). The molecule has 1 aromatic heterocycles. The third-order valence-electron chi connectivity index (χ3n) is 4.38. The Bertz CT molecular complexity index is 667. The van der Waals surface area contributed by atoms with Crippen molar-refractivity contribution < 1.29 is 14.3 Å². The van der Waals surface area contributed by atoms with Crippen molar-refractivity contribution in [3.8, 4) is 0 Å². The van der Waals surface area contributed by atoms with Crippen LogP contribution in [0.1, 0.15) is 37.7 Å². The molecule has 0 unspecified atom stereocenters. The van der Waals surface area contributed by atoms with Crippen LogP contribution in [0.2, 0.25) is 0 Å². The van der Waals surface area contributed by atoms with Crippen molar-refractivity contribution in [2.45, 2.75) is 33.2 Å². The van der Waals surface area contributed by atoms with E-state index in [0.717, 1.165) is 6.54 Å². The number of ether oxygens (including phenoxy) is 1. The third kappa shape index (κ3) is 4.69. The lowest BCUT2D eigenvalue weighted by Crippen LogP contribution is -2.41. The molecule has 26 heavy (non-hydrogen) atoms. The summed E-state index contributed by atoms with van der Waals surface area (Å²) in [7, 11) is 0. The Kier molecular flexibility index (Phi) is 5.41. The van der Waals surface area contributed by atoms with Crippen molar-refractivity contribution in [1.82, 2.24) is 19.8 Å². The molecule has 0 saturated carbocycles. The third-order valence-corrected chi connectivity index (χ3v) is 4.38. The zero-order valence-corrected chi connectivity index (χ0v) is 15.7. The van der Waals surface area contributed by atoms with Gasteiger partial charge < -0.3 is 19.9 Å². The van der Waals surface area contributed by atoms with E-state index in [1.807, 2.05) is 4.90 Å². The number of hydrogen-bond acceptors (Lipinski definition) is 6. The molecule has 0 spiro atoms. The lowest BCUT2D eigenvalue weighted by Gasteiger charge is -2.27. The predicted octanol–water partition coefficient (Wildman–Crippen LogP) is 1.01. The lowest BCUT2D eigenvalue weighted by atomic mass is 9.96. The van der Waals surface area contributed by atoms with Crippen molar-refractivity contribution >= 4 is 17.6 Å². The molecule has 2 aliphatic heterocycles. The number of nitrogens with zero attached hydrogens (tertiary/aromatic N) is 4. The van der Waals surface area contributed by atoms with Gasteiger partial charge in [0, 0.05) is 32.6 Å². The number of rotatable bonds is 4. The normalized spacial score (nSPS) is 21.2. The van der Waals surface area contributed by atoms with Crippen molar-refractivity contribution in [3.63, 3.8) is 0 Å². The molecule has 0 radical (unpaired) electrons. The Hall–Kier alpha value is -2.22. The van der Waals surface area contributed by atoms with Crippen LogP contribution in [0.15, 0.2) is 12.4 Å². The number of hydrogen-bond donors (Lipinski definition) is 1. The van der Waals surface area contributed by atoms with Gasteiger partial charge in [0.2, 0.25) is 5.91 Å². The molecule has 0 aromatic carbocycles. The fourth-order valence-corrected chi connectivity index (χ4v) is 3.27. The minimum atomic E-state index is -0.138. The smallest absolute Gasteiger partial charge is 0.274 e. The van der Waals surface area contributed by atoms with Crippen molar-refractivity contribution in [3.05, 3.63) is 18.1 Å². The van der Waals surface area contributed by atoms with E-state index in [-0.39, 0.29) is 23.3 Å². The maximum absolute atomic E-state index is 12.5. The van der Waals surface area contributed by atoms with Gasteiger partial charge in [0.15, 0.2) is 0 Å². The van der Waals surface area contributed by atoms with Gasteiger partial charge >= 0.3 is 0 Å². The molecular weight excluding hydrogens is 334 g/mol. The molecule has 8 heteroatoms. The summed E-state index contributed by atoms with van der Waals surface area (Å²) in [5.74, 6) is 0.534. The largest absolute Gasteiger partial charge is 0.378 e. The fourth-order valence-electron chi connectivity index (χ4n) is 3.27.